The van der Waals surface area contributed by atoms with Gasteiger partial charge in [0.25, 0.3) is 5.91 Å². The van der Waals surface area contributed by atoms with Gasteiger partial charge in [0.05, 0.1) is 0 Å². The van der Waals surface area contributed by atoms with Crippen LogP contribution in [0.1, 0.15) is 53.9 Å². The zero-order valence-electron chi connectivity index (χ0n) is 18.5. The van der Waals surface area contributed by atoms with Gasteiger partial charge in [0.2, 0.25) is 0 Å². The summed E-state index contributed by atoms with van der Waals surface area (Å²) in [4.78, 5) is 30.0. The summed E-state index contributed by atoms with van der Waals surface area (Å²) < 4.78 is 5.54. The van der Waals surface area contributed by atoms with E-state index in [0.29, 0.717) is 36.8 Å². The second kappa shape index (κ2) is 10.6. The van der Waals surface area contributed by atoms with Crippen molar-refractivity contribution in [1.29, 1.82) is 0 Å². The Labute approximate surface area is 179 Å². The van der Waals surface area contributed by atoms with E-state index in [1.165, 1.54) is 5.56 Å². The first-order chi connectivity index (χ1) is 14.5. The van der Waals surface area contributed by atoms with E-state index in [2.05, 4.69) is 24.0 Å². The molecule has 162 valence electrons. The van der Waals surface area contributed by atoms with E-state index in [1.54, 1.807) is 4.90 Å². The molecule has 1 atom stereocenters. The molecular weight excluding hydrogens is 376 g/mol. The predicted octanol–water partition coefficient (Wildman–Crippen LogP) is 3.93. The third kappa shape index (κ3) is 5.60. The van der Waals surface area contributed by atoms with Crippen LogP contribution >= 0.6 is 0 Å². The molecular formula is C25H34N2O3. The maximum Gasteiger partial charge on any atom is 0.349 e. The second-order valence-corrected chi connectivity index (χ2v) is 8.29. The number of rotatable bonds is 9. The highest BCUT2D eigenvalue weighted by molar-refractivity contribution is 5.95. The minimum absolute atomic E-state index is 0.189. The summed E-state index contributed by atoms with van der Waals surface area (Å²) in [7, 11) is 0. The molecule has 1 aliphatic rings. The van der Waals surface area contributed by atoms with E-state index in [9.17, 15) is 9.59 Å². The average Bonchev–Trinajstić information content (AvgIpc) is 3.20. The zero-order chi connectivity index (χ0) is 21.5. The number of hydrogen-bond donors (Lipinski definition) is 0. The number of benzene rings is 1. The van der Waals surface area contributed by atoms with E-state index in [1.807, 2.05) is 38.1 Å². The van der Waals surface area contributed by atoms with Crippen LogP contribution in [0.2, 0.25) is 0 Å². The Balaban J connectivity index is 1.64. The van der Waals surface area contributed by atoms with Gasteiger partial charge in [-0.25, -0.2) is 4.79 Å². The fraction of sp³-hybridized carbons (Fsp3) is 0.520. The summed E-state index contributed by atoms with van der Waals surface area (Å²) in [5, 5.41) is 0. The number of likely N-dealkylation sites (tertiary alicyclic amines) is 1. The fourth-order valence-electron chi connectivity index (χ4n) is 4.34. The molecule has 1 saturated heterocycles. The van der Waals surface area contributed by atoms with Crippen molar-refractivity contribution in [1.82, 2.24) is 9.80 Å². The van der Waals surface area contributed by atoms with Gasteiger partial charge >= 0.3 is 5.63 Å². The lowest BCUT2D eigenvalue weighted by Crippen LogP contribution is -2.38. The minimum atomic E-state index is -0.505. The number of carbonyl (C=O) groups excluding carboxylic acids is 1. The van der Waals surface area contributed by atoms with Gasteiger partial charge in [-0.1, -0.05) is 37.3 Å². The normalized spacial score (nSPS) is 16.7. The van der Waals surface area contributed by atoms with Crippen molar-refractivity contribution in [3.63, 3.8) is 0 Å². The van der Waals surface area contributed by atoms with Gasteiger partial charge in [0.1, 0.15) is 11.3 Å². The van der Waals surface area contributed by atoms with Gasteiger partial charge in [-0.3, -0.25) is 4.79 Å². The molecule has 0 aliphatic carbocycles. The molecule has 1 fully saturated rings. The Morgan fingerprint density at radius 1 is 1.20 bits per heavy atom. The van der Waals surface area contributed by atoms with E-state index in [0.717, 1.165) is 38.9 Å². The quantitative estimate of drug-likeness (QED) is 0.629. The number of amides is 1. The molecule has 2 aromatic rings. The summed E-state index contributed by atoms with van der Waals surface area (Å²) >= 11 is 0. The molecule has 1 amide bonds. The van der Waals surface area contributed by atoms with E-state index >= 15 is 0 Å². The molecule has 0 spiro atoms. The third-order valence-electron chi connectivity index (χ3n) is 6.11. The largest absolute Gasteiger partial charge is 0.427 e. The predicted molar refractivity (Wildman–Crippen MR) is 120 cm³/mol. The highest BCUT2D eigenvalue weighted by atomic mass is 16.4. The van der Waals surface area contributed by atoms with Crippen molar-refractivity contribution < 1.29 is 9.21 Å². The molecule has 30 heavy (non-hydrogen) atoms. The first-order valence-electron chi connectivity index (χ1n) is 11.2. The Morgan fingerprint density at radius 2 is 1.97 bits per heavy atom. The summed E-state index contributed by atoms with van der Waals surface area (Å²) in [6.45, 7) is 10.4. The van der Waals surface area contributed by atoms with Crippen molar-refractivity contribution in [2.24, 2.45) is 5.92 Å². The van der Waals surface area contributed by atoms with Crippen LogP contribution in [0.15, 0.2) is 45.6 Å². The summed E-state index contributed by atoms with van der Waals surface area (Å²) in [5.74, 6) is 0.926. The maximum atomic E-state index is 13.1. The lowest BCUT2D eigenvalue weighted by Gasteiger charge is -2.25. The molecule has 0 saturated carbocycles. The smallest absolute Gasteiger partial charge is 0.349 e. The van der Waals surface area contributed by atoms with Crippen LogP contribution in [0.3, 0.4) is 0 Å². The highest BCUT2D eigenvalue weighted by Gasteiger charge is 2.27. The Hall–Kier alpha value is -2.40. The zero-order valence-corrected chi connectivity index (χ0v) is 18.5. The highest BCUT2D eigenvalue weighted by Crippen LogP contribution is 2.19. The van der Waals surface area contributed by atoms with Gasteiger partial charge in [-0.15, -0.1) is 0 Å². The molecule has 5 heteroatoms. The van der Waals surface area contributed by atoms with Crippen LogP contribution in [0.4, 0.5) is 0 Å². The molecule has 1 aromatic carbocycles. The monoisotopic (exact) mass is 410 g/mol. The molecule has 0 N–H and O–H groups in total. The van der Waals surface area contributed by atoms with Crippen LogP contribution in [-0.4, -0.2) is 48.4 Å². The Bertz CT molecular complexity index is 891. The van der Waals surface area contributed by atoms with E-state index in [4.69, 9.17) is 4.42 Å². The van der Waals surface area contributed by atoms with Gasteiger partial charge in [-0.2, -0.15) is 0 Å². The molecule has 2 heterocycles. The van der Waals surface area contributed by atoms with Crippen molar-refractivity contribution in [3.8, 4) is 0 Å². The maximum absolute atomic E-state index is 13.1. The first kappa shape index (κ1) is 22.3. The third-order valence-corrected chi connectivity index (χ3v) is 6.11. The number of hydrogen-bond acceptors (Lipinski definition) is 4. The van der Waals surface area contributed by atoms with Crippen molar-refractivity contribution >= 4 is 5.91 Å². The van der Waals surface area contributed by atoms with Crippen molar-refractivity contribution in [2.45, 2.75) is 46.5 Å². The van der Waals surface area contributed by atoms with Gasteiger partial charge < -0.3 is 14.2 Å². The Morgan fingerprint density at radius 3 is 2.60 bits per heavy atom. The first-order valence-corrected chi connectivity index (χ1v) is 11.2. The lowest BCUT2D eigenvalue weighted by atomic mass is 10.0. The number of aryl methyl sites for hydroxylation is 3. The molecule has 3 rings (SSSR count). The lowest BCUT2D eigenvalue weighted by molar-refractivity contribution is 0.0733. The van der Waals surface area contributed by atoms with Crippen molar-refractivity contribution in [3.05, 3.63) is 69.3 Å². The van der Waals surface area contributed by atoms with Crippen LogP contribution < -0.4 is 5.63 Å². The van der Waals surface area contributed by atoms with Crippen LogP contribution in [0, 0.1) is 12.8 Å². The summed E-state index contributed by atoms with van der Waals surface area (Å²) in [6.07, 6.45) is 3.62. The van der Waals surface area contributed by atoms with E-state index in [-0.39, 0.29) is 11.5 Å². The van der Waals surface area contributed by atoms with E-state index < -0.39 is 5.63 Å². The topological polar surface area (TPSA) is 53.8 Å². The van der Waals surface area contributed by atoms with Crippen LogP contribution in [-0.2, 0) is 12.8 Å². The Kier molecular flexibility index (Phi) is 7.86. The average molecular weight is 411 g/mol. The molecule has 0 radical (unpaired) electrons. The number of carbonyl (C=O) groups is 1. The summed E-state index contributed by atoms with van der Waals surface area (Å²) in [5.41, 5.74) is 1.67. The molecule has 0 bridgehead atoms. The van der Waals surface area contributed by atoms with Crippen molar-refractivity contribution in [2.75, 3.05) is 32.7 Å². The van der Waals surface area contributed by atoms with Gasteiger partial charge in [-0.05, 0) is 69.3 Å². The molecule has 1 aliphatic heterocycles. The van der Waals surface area contributed by atoms with Gasteiger partial charge in [0.15, 0.2) is 0 Å². The standard InChI is InChI=1S/C25H34N2O3/c1-4-26-15-14-21(17-26)18-27(5-2)24(28)23-19(3)16-22(30-25(23)29)13-9-12-20-10-7-6-8-11-20/h6-8,10-11,16,21H,4-5,9,12-15,17-18H2,1-3H3. The SMILES string of the molecule is CCN1CCC(CN(CC)C(=O)c2c(C)cc(CCCc3ccccc3)oc2=O)C1. The fourth-order valence-corrected chi connectivity index (χ4v) is 4.34. The second-order valence-electron chi connectivity index (χ2n) is 8.29. The summed E-state index contributed by atoms with van der Waals surface area (Å²) in [6, 6.07) is 12.1. The molecule has 5 nitrogen and oxygen atoms in total. The van der Waals surface area contributed by atoms with Crippen LogP contribution in [0.25, 0.3) is 0 Å². The molecule has 1 aromatic heterocycles. The molecule has 1 unspecified atom stereocenters. The number of nitrogens with zero attached hydrogens (tertiary/aromatic N) is 2. The van der Waals surface area contributed by atoms with Gasteiger partial charge in [0, 0.05) is 26.1 Å². The van der Waals surface area contributed by atoms with Crippen LogP contribution in [0.5, 0.6) is 0 Å². The minimum Gasteiger partial charge on any atom is -0.427 e.